The van der Waals surface area contributed by atoms with Gasteiger partial charge in [-0.05, 0) is 39.7 Å². The molecule has 0 saturated heterocycles. The molecular weight excluding hydrogens is 220 g/mol. The number of hydrogen-bond donors (Lipinski definition) is 0. The first kappa shape index (κ1) is 13.2. The van der Waals surface area contributed by atoms with Crippen molar-refractivity contribution < 1.29 is 9.53 Å². The fraction of sp³-hybridized carbons (Fsp3) is 0.615. The number of rotatable bonds is 4. The molecule has 0 aliphatic rings. The summed E-state index contributed by atoms with van der Waals surface area (Å²) < 4.78 is 5.31. The van der Waals surface area contributed by atoms with Crippen molar-refractivity contribution in [1.29, 1.82) is 0 Å². The maximum Gasteiger partial charge on any atom is 0.339 e. The molecule has 1 aromatic heterocycles. The third-order valence-electron chi connectivity index (χ3n) is 2.07. The summed E-state index contributed by atoms with van der Waals surface area (Å²) in [7, 11) is 0. The highest BCUT2D eigenvalue weighted by Gasteiger charge is 2.18. The number of thiophene rings is 1. The summed E-state index contributed by atoms with van der Waals surface area (Å²) >= 11 is 1.64. The Morgan fingerprint density at radius 3 is 2.69 bits per heavy atom. The molecule has 0 aromatic carbocycles. The quantitative estimate of drug-likeness (QED) is 0.742. The van der Waals surface area contributed by atoms with E-state index in [0.29, 0.717) is 5.56 Å². The maximum atomic E-state index is 11.7. The average molecular weight is 240 g/mol. The van der Waals surface area contributed by atoms with Gasteiger partial charge in [0, 0.05) is 10.3 Å². The van der Waals surface area contributed by atoms with Gasteiger partial charge in [-0.2, -0.15) is 0 Å². The Hall–Kier alpha value is -0.830. The smallest absolute Gasteiger partial charge is 0.339 e. The van der Waals surface area contributed by atoms with Gasteiger partial charge in [-0.15, -0.1) is 11.3 Å². The molecule has 0 fully saturated rings. The van der Waals surface area contributed by atoms with Crippen LogP contribution in [0.3, 0.4) is 0 Å². The Labute approximate surface area is 102 Å². The van der Waals surface area contributed by atoms with Crippen LogP contribution in [-0.4, -0.2) is 11.6 Å². The SMILES string of the molecule is CCCCc1cc(C(=O)OC(C)(C)C)cs1. The molecule has 0 saturated carbocycles. The van der Waals surface area contributed by atoms with Gasteiger partial charge in [-0.3, -0.25) is 0 Å². The van der Waals surface area contributed by atoms with Crippen LogP contribution in [-0.2, 0) is 11.2 Å². The highest BCUT2D eigenvalue weighted by atomic mass is 32.1. The number of unbranched alkanes of at least 4 members (excludes halogenated alkanes) is 1. The second-order valence-corrected chi connectivity index (χ2v) is 5.90. The Morgan fingerprint density at radius 2 is 2.12 bits per heavy atom. The highest BCUT2D eigenvalue weighted by Crippen LogP contribution is 2.20. The second kappa shape index (κ2) is 5.48. The molecule has 0 spiro atoms. The van der Waals surface area contributed by atoms with Gasteiger partial charge in [0.1, 0.15) is 5.60 Å². The molecule has 16 heavy (non-hydrogen) atoms. The molecule has 2 nitrogen and oxygen atoms in total. The summed E-state index contributed by atoms with van der Waals surface area (Å²) in [4.78, 5) is 13.0. The summed E-state index contributed by atoms with van der Waals surface area (Å²) in [5.41, 5.74) is 0.272. The third kappa shape index (κ3) is 4.35. The molecule has 0 bridgehead atoms. The zero-order chi connectivity index (χ0) is 12.2. The van der Waals surface area contributed by atoms with Gasteiger partial charge >= 0.3 is 5.97 Å². The van der Waals surface area contributed by atoms with Crippen LogP contribution in [0.2, 0.25) is 0 Å². The first-order valence-electron chi connectivity index (χ1n) is 5.73. The first-order valence-corrected chi connectivity index (χ1v) is 6.61. The predicted octanol–water partition coefficient (Wildman–Crippen LogP) is 4.05. The lowest BCUT2D eigenvalue weighted by molar-refractivity contribution is 0.00701. The van der Waals surface area contributed by atoms with Crippen LogP contribution in [0.1, 0.15) is 55.8 Å². The summed E-state index contributed by atoms with van der Waals surface area (Å²) in [5.74, 6) is -0.216. The van der Waals surface area contributed by atoms with Gasteiger partial charge in [0.25, 0.3) is 0 Å². The van der Waals surface area contributed by atoms with E-state index in [1.807, 2.05) is 32.2 Å². The van der Waals surface area contributed by atoms with Crippen molar-refractivity contribution in [2.45, 2.75) is 52.6 Å². The summed E-state index contributed by atoms with van der Waals surface area (Å²) in [6.07, 6.45) is 3.41. The van der Waals surface area contributed by atoms with E-state index in [1.54, 1.807) is 11.3 Å². The predicted molar refractivity (Wildman–Crippen MR) is 68.1 cm³/mol. The molecule has 3 heteroatoms. The van der Waals surface area contributed by atoms with Crippen molar-refractivity contribution in [2.24, 2.45) is 0 Å². The number of hydrogen-bond acceptors (Lipinski definition) is 3. The van der Waals surface area contributed by atoms with Crippen molar-refractivity contribution in [1.82, 2.24) is 0 Å². The van der Waals surface area contributed by atoms with Crippen LogP contribution in [0.25, 0.3) is 0 Å². The van der Waals surface area contributed by atoms with Crippen molar-refractivity contribution in [3.8, 4) is 0 Å². The lowest BCUT2D eigenvalue weighted by atomic mass is 10.2. The van der Waals surface area contributed by atoms with E-state index < -0.39 is 5.60 Å². The molecule has 0 radical (unpaired) electrons. The first-order chi connectivity index (χ1) is 7.42. The van der Waals surface area contributed by atoms with E-state index in [0.717, 1.165) is 6.42 Å². The molecule has 0 N–H and O–H groups in total. The Kier molecular flexibility index (Phi) is 4.54. The van der Waals surface area contributed by atoms with Crippen LogP contribution in [0.15, 0.2) is 11.4 Å². The molecule has 0 unspecified atom stereocenters. The topological polar surface area (TPSA) is 26.3 Å². The molecule has 1 heterocycles. The largest absolute Gasteiger partial charge is 0.456 e. The summed E-state index contributed by atoms with van der Waals surface area (Å²) in [6, 6.07) is 1.95. The molecule has 1 rings (SSSR count). The molecule has 1 aromatic rings. The zero-order valence-corrected chi connectivity index (χ0v) is 11.3. The van der Waals surface area contributed by atoms with Crippen LogP contribution in [0.4, 0.5) is 0 Å². The minimum atomic E-state index is -0.414. The van der Waals surface area contributed by atoms with E-state index >= 15 is 0 Å². The number of esters is 1. The third-order valence-corrected chi connectivity index (χ3v) is 3.06. The van der Waals surface area contributed by atoms with Crippen LogP contribution in [0.5, 0.6) is 0 Å². The molecule has 0 aliphatic carbocycles. The van der Waals surface area contributed by atoms with E-state index in [2.05, 4.69) is 6.92 Å². The van der Waals surface area contributed by atoms with Gasteiger partial charge in [-0.1, -0.05) is 13.3 Å². The van der Waals surface area contributed by atoms with Gasteiger partial charge in [0.2, 0.25) is 0 Å². The van der Waals surface area contributed by atoms with E-state index in [1.165, 1.54) is 17.7 Å². The van der Waals surface area contributed by atoms with E-state index in [4.69, 9.17) is 4.74 Å². The Morgan fingerprint density at radius 1 is 1.44 bits per heavy atom. The lowest BCUT2D eigenvalue weighted by Gasteiger charge is -2.18. The standard InChI is InChI=1S/C13H20O2S/c1-5-6-7-11-8-10(9-16-11)12(14)15-13(2,3)4/h8-9H,5-7H2,1-4H3. The second-order valence-electron chi connectivity index (χ2n) is 4.91. The maximum absolute atomic E-state index is 11.7. The number of carbonyl (C=O) groups is 1. The number of carbonyl (C=O) groups excluding carboxylic acids is 1. The normalized spacial score (nSPS) is 11.5. The summed E-state index contributed by atoms with van der Waals surface area (Å²) in [6.45, 7) is 7.82. The fourth-order valence-corrected chi connectivity index (χ4v) is 2.21. The van der Waals surface area contributed by atoms with Crippen molar-refractivity contribution in [3.05, 3.63) is 21.9 Å². The van der Waals surface area contributed by atoms with Gasteiger partial charge in [0.05, 0.1) is 5.56 Å². The Balaban J connectivity index is 2.60. The van der Waals surface area contributed by atoms with Gasteiger partial charge in [0.15, 0.2) is 0 Å². The van der Waals surface area contributed by atoms with E-state index in [-0.39, 0.29) is 5.97 Å². The molecular formula is C13H20O2S. The van der Waals surface area contributed by atoms with Gasteiger partial charge in [-0.25, -0.2) is 4.79 Å². The number of ether oxygens (including phenoxy) is 1. The average Bonchev–Trinajstić information content (AvgIpc) is 2.60. The molecule has 0 aliphatic heterocycles. The monoisotopic (exact) mass is 240 g/mol. The van der Waals surface area contributed by atoms with Gasteiger partial charge < -0.3 is 4.74 Å². The molecule has 90 valence electrons. The minimum absolute atomic E-state index is 0.216. The highest BCUT2D eigenvalue weighted by molar-refractivity contribution is 7.10. The lowest BCUT2D eigenvalue weighted by Crippen LogP contribution is -2.23. The van der Waals surface area contributed by atoms with Crippen molar-refractivity contribution >= 4 is 17.3 Å². The van der Waals surface area contributed by atoms with Crippen LogP contribution < -0.4 is 0 Å². The minimum Gasteiger partial charge on any atom is -0.456 e. The zero-order valence-electron chi connectivity index (χ0n) is 10.5. The Bertz CT molecular complexity index is 347. The molecule has 0 amide bonds. The fourth-order valence-electron chi connectivity index (χ4n) is 1.31. The number of aryl methyl sites for hydroxylation is 1. The van der Waals surface area contributed by atoms with Crippen molar-refractivity contribution in [3.63, 3.8) is 0 Å². The van der Waals surface area contributed by atoms with Crippen molar-refractivity contribution in [2.75, 3.05) is 0 Å². The molecule has 0 atom stereocenters. The van der Waals surface area contributed by atoms with E-state index in [9.17, 15) is 4.79 Å². The van der Waals surface area contributed by atoms with Crippen LogP contribution in [0, 0.1) is 0 Å². The summed E-state index contributed by atoms with van der Waals surface area (Å²) in [5, 5.41) is 1.89. The van der Waals surface area contributed by atoms with Crippen LogP contribution >= 0.6 is 11.3 Å².